The Morgan fingerprint density at radius 3 is 1.92 bits per heavy atom. The average molecular weight is 658 g/mol. The van der Waals surface area contributed by atoms with Crippen LogP contribution in [0.5, 0.6) is 0 Å². The van der Waals surface area contributed by atoms with Crippen molar-refractivity contribution in [2.45, 2.75) is 31.7 Å². The zero-order valence-corrected chi connectivity index (χ0v) is 27.8. The maximum Gasteiger partial charge on any atom is 0.322 e. The molecule has 0 unspecified atom stereocenters. The van der Waals surface area contributed by atoms with Gasteiger partial charge in [-0.15, -0.1) is 0 Å². The summed E-state index contributed by atoms with van der Waals surface area (Å²) in [7, 11) is 0. The molecule has 4 aromatic rings. The maximum atomic E-state index is 13.9. The number of pyridine rings is 2. The minimum atomic E-state index is -0.161. The van der Waals surface area contributed by atoms with Crippen molar-refractivity contribution in [3.63, 3.8) is 0 Å². The molecule has 0 bridgehead atoms. The summed E-state index contributed by atoms with van der Waals surface area (Å²) in [5.41, 5.74) is 4.86. The first-order chi connectivity index (χ1) is 24.0. The summed E-state index contributed by atoms with van der Waals surface area (Å²) in [6.45, 7) is 5.22. The van der Waals surface area contributed by atoms with E-state index in [4.69, 9.17) is 4.98 Å². The topological polar surface area (TPSA) is 102 Å². The molecule has 252 valence electrons. The number of nitrogens with zero attached hydrogens (tertiary/aromatic N) is 6. The van der Waals surface area contributed by atoms with E-state index in [0.717, 1.165) is 61.3 Å². The van der Waals surface area contributed by atoms with Crippen molar-refractivity contribution in [1.82, 2.24) is 29.6 Å². The summed E-state index contributed by atoms with van der Waals surface area (Å²) >= 11 is 0. The number of rotatable bonds is 6. The lowest BCUT2D eigenvalue weighted by Crippen LogP contribution is -2.55. The van der Waals surface area contributed by atoms with E-state index in [0.29, 0.717) is 56.6 Å². The molecule has 7 rings (SSSR count). The van der Waals surface area contributed by atoms with Gasteiger partial charge in [0.25, 0.3) is 5.91 Å². The van der Waals surface area contributed by atoms with Crippen LogP contribution in [-0.4, -0.2) is 106 Å². The molecule has 2 aromatic carbocycles. The number of piperazine rings is 1. The predicted molar refractivity (Wildman–Crippen MR) is 190 cm³/mol. The molecule has 0 radical (unpaired) electrons. The van der Waals surface area contributed by atoms with Gasteiger partial charge in [0.15, 0.2) is 0 Å². The third kappa shape index (κ3) is 7.65. The standard InChI is InChI=1S/C39H43N7O3/c47-37(44-21-23-45(24-22-44)39(49)41-33-14-7-17-40-27-33)31-13-8-18-46(28-31)34-15-19-43(20-16-34)38(48)32-25-35(29-9-3-1-4-10-29)42-36(26-32)30-11-5-2-6-12-30/h1-7,9-12,14,17,25-27,31,34H,8,13,15-16,18-24,28H2,(H,41,49)/t31-/m1/s1. The van der Waals surface area contributed by atoms with Crippen molar-refractivity contribution in [1.29, 1.82) is 0 Å². The van der Waals surface area contributed by atoms with Crippen molar-refractivity contribution in [2.75, 3.05) is 57.7 Å². The fraction of sp³-hybridized carbons (Fsp3) is 0.359. The molecule has 4 amide bonds. The largest absolute Gasteiger partial charge is 0.339 e. The van der Waals surface area contributed by atoms with Crippen LogP contribution in [0.25, 0.3) is 22.5 Å². The van der Waals surface area contributed by atoms with E-state index >= 15 is 0 Å². The third-order valence-electron chi connectivity index (χ3n) is 10.1. The number of urea groups is 1. The molecule has 3 saturated heterocycles. The van der Waals surface area contributed by atoms with Gasteiger partial charge in [-0.3, -0.25) is 19.5 Å². The van der Waals surface area contributed by atoms with Gasteiger partial charge in [0.1, 0.15) is 0 Å². The van der Waals surface area contributed by atoms with Gasteiger partial charge in [0.05, 0.1) is 29.2 Å². The minimum Gasteiger partial charge on any atom is -0.339 e. The second kappa shape index (κ2) is 15.0. The predicted octanol–water partition coefficient (Wildman–Crippen LogP) is 5.50. The molecule has 3 fully saturated rings. The summed E-state index contributed by atoms with van der Waals surface area (Å²) in [5, 5.41) is 2.89. The first kappa shape index (κ1) is 32.5. The quantitative estimate of drug-likeness (QED) is 0.294. The van der Waals surface area contributed by atoms with Crippen molar-refractivity contribution < 1.29 is 14.4 Å². The molecule has 0 aliphatic carbocycles. The van der Waals surface area contributed by atoms with Crippen molar-refractivity contribution in [3.8, 4) is 22.5 Å². The number of aromatic nitrogens is 2. The summed E-state index contributed by atoms with van der Waals surface area (Å²) in [4.78, 5) is 57.4. The number of anilines is 1. The Bertz CT molecular complexity index is 1680. The molecule has 5 heterocycles. The Balaban J connectivity index is 0.938. The van der Waals surface area contributed by atoms with E-state index in [-0.39, 0.29) is 23.8 Å². The van der Waals surface area contributed by atoms with E-state index in [1.165, 1.54) is 0 Å². The lowest BCUT2D eigenvalue weighted by molar-refractivity contribution is -0.139. The van der Waals surface area contributed by atoms with Crippen LogP contribution >= 0.6 is 0 Å². The molecular weight excluding hydrogens is 614 g/mol. The van der Waals surface area contributed by atoms with Crippen LogP contribution < -0.4 is 5.32 Å². The number of carbonyl (C=O) groups is 3. The number of carbonyl (C=O) groups excluding carboxylic acids is 3. The smallest absolute Gasteiger partial charge is 0.322 e. The molecule has 0 spiro atoms. The Kier molecular flexibility index (Phi) is 9.93. The first-order valence-electron chi connectivity index (χ1n) is 17.4. The first-order valence-corrected chi connectivity index (χ1v) is 17.4. The van der Waals surface area contributed by atoms with Gasteiger partial charge in [0.2, 0.25) is 5.91 Å². The van der Waals surface area contributed by atoms with Gasteiger partial charge >= 0.3 is 6.03 Å². The number of amides is 4. The van der Waals surface area contributed by atoms with Crippen LogP contribution in [0.1, 0.15) is 36.0 Å². The van der Waals surface area contributed by atoms with Crippen LogP contribution in [0, 0.1) is 5.92 Å². The van der Waals surface area contributed by atoms with Crippen LogP contribution in [0.3, 0.4) is 0 Å². The van der Waals surface area contributed by atoms with Gasteiger partial charge < -0.3 is 20.0 Å². The van der Waals surface area contributed by atoms with E-state index in [1.807, 2.05) is 88.7 Å². The van der Waals surface area contributed by atoms with Crippen molar-refractivity contribution in [3.05, 3.63) is 103 Å². The highest BCUT2D eigenvalue weighted by molar-refractivity contribution is 5.96. The zero-order valence-electron chi connectivity index (χ0n) is 27.8. The normalized spacial score (nSPS) is 19.0. The highest BCUT2D eigenvalue weighted by Gasteiger charge is 2.35. The molecular formula is C39H43N7O3. The summed E-state index contributed by atoms with van der Waals surface area (Å²) in [6.07, 6.45) is 6.95. The third-order valence-corrected chi connectivity index (χ3v) is 10.1. The van der Waals surface area contributed by atoms with Gasteiger partial charge in [0, 0.05) is 74.7 Å². The van der Waals surface area contributed by atoms with E-state index < -0.39 is 0 Å². The summed E-state index contributed by atoms with van der Waals surface area (Å²) in [6, 6.07) is 27.7. The molecule has 1 atom stereocenters. The Labute approximate surface area is 287 Å². The van der Waals surface area contributed by atoms with Gasteiger partial charge in [-0.25, -0.2) is 9.78 Å². The van der Waals surface area contributed by atoms with Crippen molar-refractivity contribution in [2.24, 2.45) is 5.92 Å². The second-order valence-corrected chi connectivity index (χ2v) is 13.2. The number of hydrogen-bond acceptors (Lipinski definition) is 6. The SMILES string of the molecule is O=C(Nc1cccnc1)N1CCN(C(=O)[C@@H]2CCCN(C3CCN(C(=O)c4cc(-c5ccccc5)nc(-c5ccccc5)c4)CC3)C2)CC1. The summed E-state index contributed by atoms with van der Waals surface area (Å²) in [5.74, 6) is 0.203. The highest BCUT2D eigenvalue weighted by Crippen LogP contribution is 2.29. The Morgan fingerprint density at radius 1 is 0.673 bits per heavy atom. The molecule has 2 aromatic heterocycles. The fourth-order valence-electron chi connectivity index (χ4n) is 7.35. The maximum absolute atomic E-state index is 13.9. The zero-order chi connectivity index (χ0) is 33.6. The molecule has 10 heteroatoms. The molecule has 10 nitrogen and oxygen atoms in total. The van der Waals surface area contributed by atoms with Crippen LogP contribution in [-0.2, 0) is 4.79 Å². The second-order valence-electron chi connectivity index (χ2n) is 13.2. The number of benzene rings is 2. The minimum absolute atomic E-state index is 0.0335. The van der Waals surface area contributed by atoms with E-state index in [1.54, 1.807) is 23.4 Å². The Morgan fingerprint density at radius 2 is 1.31 bits per heavy atom. The van der Waals surface area contributed by atoms with Crippen LogP contribution in [0.4, 0.5) is 10.5 Å². The van der Waals surface area contributed by atoms with E-state index in [9.17, 15) is 14.4 Å². The van der Waals surface area contributed by atoms with Crippen LogP contribution in [0.15, 0.2) is 97.3 Å². The molecule has 3 aliphatic rings. The number of hydrogen-bond donors (Lipinski definition) is 1. The Hall–Kier alpha value is -5.09. The monoisotopic (exact) mass is 657 g/mol. The van der Waals surface area contributed by atoms with Crippen LogP contribution in [0.2, 0.25) is 0 Å². The molecule has 3 aliphatic heterocycles. The fourth-order valence-corrected chi connectivity index (χ4v) is 7.35. The highest BCUT2D eigenvalue weighted by atomic mass is 16.2. The number of nitrogens with one attached hydrogen (secondary N) is 1. The van der Waals surface area contributed by atoms with Gasteiger partial charge in [-0.05, 0) is 56.5 Å². The number of likely N-dealkylation sites (tertiary alicyclic amines) is 2. The lowest BCUT2D eigenvalue weighted by Gasteiger charge is -2.43. The summed E-state index contributed by atoms with van der Waals surface area (Å²) < 4.78 is 0. The van der Waals surface area contributed by atoms with E-state index in [2.05, 4.69) is 15.2 Å². The molecule has 1 N–H and O–H groups in total. The number of piperidine rings is 2. The molecule has 0 saturated carbocycles. The van der Waals surface area contributed by atoms with Gasteiger partial charge in [-0.2, -0.15) is 0 Å². The lowest BCUT2D eigenvalue weighted by atomic mass is 9.92. The average Bonchev–Trinajstić information content (AvgIpc) is 3.18. The molecule has 49 heavy (non-hydrogen) atoms. The van der Waals surface area contributed by atoms with Crippen molar-refractivity contribution >= 4 is 23.5 Å². The van der Waals surface area contributed by atoms with Gasteiger partial charge in [-0.1, -0.05) is 60.7 Å².